The molecular formula is C17H29NO2S. The summed E-state index contributed by atoms with van der Waals surface area (Å²) in [5, 5.41) is 3.13. The Bertz CT molecular complexity index is 518. The second-order valence-electron chi connectivity index (χ2n) is 6.37. The molecule has 0 radical (unpaired) electrons. The molecule has 0 saturated carbocycles. The van der Waals surface area contributed by atoms with Crippen LogP contribution in [0.1, 0.15) is 51.2 Å². The highest BCUT2D eigenvalue weighted by Crippen LogP contribution is 2.21. The normalized spacial score (nSPS) is 13.9. The third kappa shape index (κ3) is 6.18. The summed E-state index contributed by atoms with van der Waals surface area (Å²) in [5.41, 5.74) is 2.44. The lowest BCUT2D eigenvalue weighted by atomic mass is 9.95. The van der Waals surface area contributed by atoms with Gasteiger partial charge >= 0.3 is 0 Å². The van der Waals surface area contributed by atoms with Gasteiger partial charge in [0.05, 0.1) is 11.0 Å². The van der Waals surface area contributed by atoms with E-state index in [2.05, 4.69) is 50.4 Å². The van der Waals surface area contributed by atoms with Gasteiger partial charge in [-0.25, -0.2) is 8.42 Å². The van der Waals surface area contributed by atoms with Crippen molar-refractivity contribution in [1.29, 1.82) is 0 Å². The van der Waals surface area contributed by atoms with Gasteiger partial charge in [0.1, 0.15) is 0 Å². The summed E-state index contributed by atoms with van der Waals surface area (Å²) >= 11 is 0. The van der Waals surface area contributed by atoms with Gasteiger partial charge in [0, 0.05) is 12.6 Å². The van der Waals surface area contributed by atoms with E-state index in [1.807, 2.05) is 0 Å². The van der Waals surface area contributed by atoms with E-state index in [9.17, 15) is 8.42 Å². The van der Waals surface area contributed by atoms with Crippen molar-refractivity contribution in [1.82, 2.24) is 5.32 Å². The maximum atomic E-state index is 12.0. The van der Waals surface area contributed by atoms with Crippen LogP contribution in [0.5, 0.6) is 0 Å². The van der Waals surface area contributed by atoms with E-state index in [-0.39, 0.29) is 16.9 Å². The van der Waals surface area contributed by atoms with E-state index in [1.54, 1.807) is 13.8 Å². The van der Waals surface area contributed by atoms with Crippen LogP contribution in [-0.4, -0.2) is 32.0 Å². The zero-order valence-corrected chi connectivity index (χ0v) is 14.7. The van der Waals surface area contributed by atoms with Crippen LogP contribution in [0.2, 0.25) is 0 Å². The van der Waals surface area contributed by atoms with Gasteiger partial charge in [0.25, 0.3) is 0 Å². The molecule has 1 aromatic carbocycles. The minimum atomic E-state index is -2.98. The van der Waals surface area contributed by atoms with Gasteiger partial charge in [-0.15, -0.1) is 0 Å². The van der Waals surface area contributed by atoms with Crippen molar-refractivity contribution < 1.29 is 8.42 Å². The Morgan fingerprint density at radius 2 is 1.62 bits per heavy atom. The highest BCUT2D eigenvalue weighted by molar-refractivity contribution is 7.91. The number of hydrogen-bond acceptors (Lipinski definition) is 3. The SMILES string of the molecule is Cc1ccc(C(CCS(=O)(=O)C(C)C)CNC(C)C)cc1. The first kappa shape index (κ1) is 18.2. The number of benzene rings is 1. The molecule has 0 bridgehead atoms. The van der Waals surface area contributed by atoms with E-state index in [4.69, 9.17) is 0 Å². The van der Waals surface area contributed by atoms with Crippen LogP contribution in [0.25, 0.3) is 0 Å². The van der Waals surface area contributed by atoms with Crippen LogP contribution >= 0.6 is 0 Å². The van der Waals surface area contributed by atoms with E-state index >= 15 is 0 Å². The number of aryl methyl sites for hydroxylation is 1. The molecule has 0 aromatic heterocycles. The number of nitrogens with one attached hydrogen (secondary N) is 1. The summed E-state index contributed by atoms with van der Waals surface area (Å²) in [6, 6.07) is 8.82. The molecule has 4 heteroatoms. The molecule has 0 heterocycles. The van der Waals surface area contributed by atoms with Crippen molar-refractivity contribution in [3.05, 3.63) is 35.4 Å². The Morgan fingerprint density at radius 3 is 2.10 bits per heavy atom. The van der Waals surface area contributed by atoms with Gasteiger partial charge in [0.2, 0.25) is 0 Å². The molecule has 0 fully saturated rings. The Balaban J connectivity index is 2.80. The Kier molecular flexibility index (Phi) is 6.88. The molecule has 1 unspecified atom stereocenters. The summed E-state index contributed by atoms with van der Waals surface area (Å²) in [4.78, 5) is 0. The van der Waals surface area contributed by atoms with Gasteiger partial charge < -0.3 is 5.32 Å². The molecular weight excluding hydrogens is 282 g/mol. The lowest BCUT2D eigenvalue weighted by molar-refractivity contribution is 0.516. The van der Waals surface area contributed by atoms with Gasteiger partial charge in [-0.2, -0.15) is 0 Å². The quantitative estimate of drug-likeness (QED) is 0.801. The monoisotopic (exact) mass is 311 g/mol. The first-order chi connectivity index (χ1) is 9.72. The number of hydrogen-bond donors (Lipinski definition) is 1. The smallest absolute Gasteiger partial charge is 0.152 e. The third-order valence-corrected chi connectivity index (χ3v) is 6.03. The van der Waals surface area contributed by atoms with Crippen molar-refractivity contribution in [3.8, 4) is 0 Å². The minimum Gasteiger partial charge on any atom is -0.314 e. The maximum absolute atomic E-state index is 12.0. The third-order valence-electron chi connectivity index (χ3n) is 3.79. The Morgan fingerprint density at radius 1 is 1.05 bits per heavy atom. The molecule has 0 saturated heterocycles. The Hall–Kier alpha value is -0.870. The predicted octanol–water partition coefficient (Wildman–Crippen LogP) is 3.29. The van der Waals surface area contributed by atoms with Crippen molar-refractivity contribution in [2.24, 2.45) is 0 Å². The van der Waals surface area contributed by atoms with E-state index < -0.39 is 9.84 Å². The van der Waals surface area contributed by atoms with Crippen molar-refractivity contribution in [2.75, 3.05) is 12.3 Å². The highest BCUT2D eigenvalue weighted by atomic mass is 32.2. The maximum Gasteiger partial charge on any atom is 0.152 e. The summed E-state index contributed by atoms with van der Waals surface area (Å²) < 4.78 is 24.1. The molecule has 1 rings (SSSR count). The lowest BCUT2D eigenvalue weighted by Crippen LogP contribution is -2.29. The zero-order valence-electron chi connectivity index (χ0n) is 13.9. The fourth-order valence-corrected chi connectivity index (χ4v) is 3.23. The van der Waals surface area contributed by atoms with Crippen molar-refractivity contribution in [3.63, 3.8) is 0 Å². The summed E-state index contributed by atoms with van der Waals surface area (Å²) in [7, 11) is -2.98. The molecule has 0 spiro atoms. The average Bonchev–Trinajstić information content (AvgIpc) is 2.39. The molecule has 0 aliphatic rings. The largest absolute Gasteiger partial charge is 0.314 e. The first-order valence-electron chi connectivity index (χ1n) is 7.74. The molecule has 1 atom stereocenters. The summed E-state index contributed by atoms with van der Waals surface area (Å²) in [6.45, 7) is 10.6. The Labute approximate surface area is 130 Å². The molecule has 120 valence electrons. The molecule has 1 aromatic rings. The second kappa shape index (κ2) is 7.95. The fourth-order valence-electron chi connectivity index (χ4n) is 2.15. The number of sulfone groups is 1. The second-order valence-corrected chi connectivity index (χ2v) is 9.05. The average molecular weight is 311 g/mol. The summed E-state index contributed by atoms with van der Waals surface area (Å²) in [5.74, 6) is 0.490. The number of rotatable bonds is 8. The standard InChI is InChI=1S/C17H29NO2S/c1-13(2)18-12-17(10-11-21(19,20)14(3)4)16-8-6-15(5)7-9-16/h6-9,13-14,17-18H,10-12H2,1-5H3. The first-order valence-corrected chi connectivity index (χ1v) is 9.45. The molecule has 0 aliphatic heterocycles. The van der Waals surface area contributed by atoms with Crippen LogP contribution < -0.4 is 5.32 Å². The van der Waals surface area contributed by atoms with Gasteiger partial charge in [0.15, 0.2) is 9.84 Å². The highest BCUT2D eigenvalue weighted by Gasteiger charge is 2.20. The van der Waals surface area contributed by atoms with E-state index in [1.165, 1.54) is 11.1 Å². The fraction of sp³-hybridized carbons (Fsp3) is 0.647. The topological polar surface area (TPSA) is 46.2 Å². The van der Waals surface area contributed by atoms with Crippen LogP contribution in [0.3, 0.4) is 0 Å². The van der Waals surface area contributed by atoms with Gasteiger partial charge in [-0.1, -0.05) is 43.7 Å². The molecule has 0 amide bonds. The minimum absolute atomic E-state index is 0.238. The molecule has 21 heavy (non-hydrogen) atoms. The van der Waals surface area contributed by atoms with E-state index in [0.29, 0.717) is 12.5 Å². The molecule has 3 nitrogen and oxygen atoms in total. The van der Waals surface area contributed by atoms with Gasteiger partial charge in [-0.3, -0.25) is 0 Å². The van der Waals surface area contributed by atoms with Gasteiger partial charge in [-0.05, 0) is 38.7 Å². The van der Waals surface area contributed by atoms with E-state index in [0.717, 1.165) is 6.54 Å². The van der Waals surface area contributed by atoms with Crippen LogP contribution in [0.15, 0.2) is 24.3 Å². The van der Waals surface area contributed by atoms with Crippen LogP contribution in [0.4, 0.5) is 0 Å². The predicted molar refractivity (Wildman–Crippen MR) is 90.6 cm³/mol. The zero-order chi connectivity index (χ0) is 16.0. The van der Waals surface area contributed by atoms with Crippen molar-refractivity contribution >= 4 is 9.84 Å². The molecule has 0 aliphatic carbocycles. The van der Waals surface area contributed by atoms with Crippen LogP contribution in [-0.2, 0) is 9.84 Å². The van der Waals surface area contributed by atoms with Crippen molar-refractivity contribution in [2.45, 2.75) is 58.2 Å². The van der Waals surface area contributed by atoms with Crippen LogP contribution in [0, 0.1) is 6.92 Å². The molecule has 1 N–H and O–H groups in total. The summed E-state index contributed by atoms with van der Waals surface area (Å²) in [6.07, 6.45) is 0.670. The lowest BCUT2D eigenvalue weighted by Gasteiger charge is -2.20.